The van der Waals surface area contributed by atoms with Crippen molar-refractivity contribution in [3.63, 3.8) is 0 Å². The molecule has 0 N–H and O–H groups in total. The van der Waals surface area contributed by atoms with Gasteiger partial charge in [-0.25, -0.2) is 4.79 Å². The van der Waals surface area contributed by atoms with Crippen LogP contribution in [0.5, 0.6) is 0 Å². The molecular weight excluding hydrogens is 472 g/mol. The Balaban J connectivity index is 1.62. The van der Waals surface area contributed by atoms with Crippen LogP contribution in [0.2, 0.25) is 0 Å². The van der Waals surface area contributed by atoms with E-state index in [0.717, 1.165) is 59.2 Å². The van der Waals surface area contributed by atoms with Crippen LogP contribution >= 0.6 is 0 Å². The molecule has 3 aromatic carbocycles. The van der Waals surface area contributed by atoms with Crippen molar-refractivity contribution in [2.75, 3.05) is 31.0 Å². The lowest BCUT2D eigenvalue weighted by Gasteiger charge is -2.30. The summed E-state index contributed by atoms with van der Waals surface area (Å²) in [6.45, 7) is 2.51. The van der Waals surface area contributed by atoms with Crippen LogP contribution in [0, 0.1) is 12.8 Å². The quantitative estimate of drug-likeness (QED) is 0.241. The van der Waals surface area contributed by atoms with Crippen LogP contribution in [-0.2, 0) is 20.9 Å². The average molecular weight is 511 g/mol. The second-order valence-electron chi connectivity index (χ2n) is 10.4. The van der Waals surface area contributed by atoms with Crippen LogP contribution < -0.4 is 9.80 Å². The van der Waals surface area contributed by atoms with E-state index in [0.29, 0.717) is 6.54 Å². The molecule has 1 fully saturated rings. The summed E-state index contributed by atoms with van der Waals surface area (Å²) in [5.74, 6) is -0.172. The number of rotatable bonds is 8. The van der Waals surface area contributed by atoms with Crippen LogP contribution in [0.3, 0.4) is 0 Å². The summed E-state index contributed by atoms with van der Waals surface area (Å²) >= 11 is 0. The first-order valence-electron chi connectivity index (χ1n) is 13.4. The van der Waals surface area contributed by atoms with E-state index in [1.165, 1.54) is 25.3 Å². The number of amides is 1. The molecule has 0 saturated heterocycles. The van der Waals surface area contributed by atoms with Gasteiger partial charge in [0, 0.05) is 37.5 Å². The van der Waals surface area contributed by atoms with Crippen LogP contribution in [0.15, 0.2) is 72.8 Å². The van der Waals surface area contributed by atoms with Gasteiger partial charge in [-0.2, -0.15) is 0 Å². The maximum atomic E-state index is 13.8. The van der Waals surface area contributed by atoms with E-state index in [2.05, 4.69) is 59.5 Å². The summed E-state index contributed by atoms with van der Waals surface area (Å²) in [5, 5.41) is 0. The van der Waals surface area contributed by atoms with E-state index in [1.54, 1.807) is 6.08 Å². The van der Waals surface area contributed by atoms with Gasteiger partial charge in [0.15, 0.2) is 0 Å². The topological polar surface area (TPSA) is 49.9 Å². The van der Waals surface area contributed by atoms with Crippen molar-refractivity contribution < 1.29 is 14.3 Å². The van der Waals surface area contributed by atoms with Crippen LogP contribution in [0.4, 0.5) is 11.4 Å². The Labute approximate surface area is 226 Å². The summed E-state index contributed by atoms with van der Waals surface area (Å²) in [4.78, 5) is 29.5. The molecule has 0 aliphatic heterocycles. The van der Waals surface area contributed by atoms with Crippen molar-refractivity contribution in [2.45, 2.75) is 45.6 Å². The van der Waals surface area contributed by atoms with Gasteiger partial charge in [0.2, 0.25) is 5.91 Å². The normalized spacial score (nSPS) is 13.9. The van der Waals surface area contributed by atoms with Gasteiger partial charge in [-0.1, -0.05) is 61.7 Å². The van der Waals surface area contributed by atoms with Crippen molar-refractivity contribution in [2.24, 2.45) is 5.92 Å². The zero-order valence-electron chi connectivity index (χ0n) is 22.9. The van der Waals surface area contributed by atoms with Crippen molar-refractivity contribution >= 4 is 29.3 Å². The second-order valence-corrected chi connectivity index (χ2v) is 10.4. The Hall–Kier alpha value is -3.86. The van der Waals surface area contributed by atoms with Gasteiger partial charge in [0.1, 0.15) is 0 Å². The van der Waals surface area contributed by atoms with Crippen molar-refractivity contribution in [3.05, 3.63) is 89.5 Å². The maximum absolute atomic E-state index is 13.8. The van der Waals surface area contributed by atoms with Crippen LogP contribution in [0.1, 0.15) is 48.8 Å². The minimum atomic E-state index is -0.403. The van der Waals surface area contributed by atoms with Crippen molar-refractivity contribution in [1.82, 2.24) is 0 Å². The lowest BCUT2D eigenvalue weighted by atomic mass is 9.88. The number of hydrogen-bond acceptors (Lipinski definition) is 4. The molecule has 38 heavy (non-hydrogen) atoms. The predicted octanol–water partition coefficient (Wildman–Crippen LogP) is 7.03. The zero-order valence-corrected chi connectivity index (χ0v) is 22.9. The fourth-order valence-electron chi connectivity index (χ4n) is 5.08. The Morgan fingerprint density at radius 3 is 2.11 bits per heavy atom. The molecule has 3 aromatic rings. The second kappa shape index (κ2) is 12.6. The van der Waals surface area contributed by atoms with Gasteiger partial charge in [-0.3, -0.25) is 4.79 Å². The third-order valence-electron chi connectivity index (χ3n) is 7.24. The van der Waals surface area contributed by atoms with Crippen LogP contribution in [0.25, 0.3) is 17.2 Å². The molecule has 5 nitrogen and oxygen atoms in total. The minimum Gasteiger partial charge on any atom is -0.466 e. The Morgan fingerprint density at radius 1 is 0.868 bits per heavy atom. The summed E-state index contributed by atoms with van der Waals surface area (Å²) in [5.41, 5.74) is 7.31. The third-order valence-corrected chi connectivity index (χ3v) is 7.24. The molecule has 5 heteroatoms. The van der Waals surface area contributed by atoms with Gasteiger partial charge in [0.05, 0.1) is 13.7 Å². The number of nitrogens with zero attached hydrogens (tertiary/aromatic N) is 2. The highest BCUT2D eigenvalue weighted by Gasteiger charge is 2.27. The van der Waals surface area contributed by atoms with Gasteiger partial charge in [0.25, 0.3) is 0 Å². The number of hydrogen-bond donors (Lipinski definition) is 0. The van der Waals surface area contributed by atoms with E-state index in [4.69, 9.17) is 4.74 Å². The van der Waals surface area contributed by atoms with Gasteiger partial charge >= 0.3 is 5.97 Å². The van der Waals surface area contributed by atoms with E-state index < -0.39 is 5.97 Å². The first-order valence-corrected chi connectivity index (χ1v) is 13.4. The van der Waals surface area contributed by atoms with E-state index in [-0.39, 0.29) is 11.8 Å². The fraction of sp³-hybridized carbons (Fsp3) is 0.333. The number of carbonyl (C=O) groups excluding carboxylic acids is 2. The SMILES string of the molecule is COC(=O)/C=C/c1cc(C)cc(N(Cc2ccc(-c3ccc(N(C)C)cc3)cc2)C(=O)C2CCCCC2)c1. The average Bonchev–Trinajstić information content (AvgIpc) is 2.94. The Bertz CT molecular complexity index is 1270. The first-order chi connectivity index (χ1) is 18.3. The van der Waals surface area contributed by atoms with Crippen LogP contribution in [-0.4, -0.2) is 33.1 Å². The minimum absolute atomic E-state index is 0.0489. The first kappa shape index (κ1) is 27.2. The van der Waals surface area contributed by atoms with E-state index in [9.17, 15) is 9.59 Å². The van der Waals surface area contributed by atoms with E-state index in [1.807, 2.05) is 38.1 Å². The zero-order chi connectivity index (χ0) is 27.1. The molecule has 0 atom stereocenters. The Kier molecular flexibility index (Phi) is 9.01. The van der Waals surface area contributed by atoms with Crippen molar-refractivity contribution in [3.8, 4) is 11.1 Å². The molecule has 0 unspecified atom stereocenters. The highest BCUT2D eigenvalue weighted by atomic mass is 16.5. The van der Waals surface area contributed by atoms with Gasteiger partial charge in [-0.05, 0) is 77.9 Å². The lowest BCUT2D eigenvalue weighted by molar-refractivity contribution is -0.134. The lowest BCUT2D eigenvalue weighted by Crippen LogP contribution is -2.36. The third kappa shape index (κ3) is 6.91. The van der Waals surface area contributed by atoms with Gasteiger partial charge < -0.3 is 14.5 Å². The summed E-state index contributed by atoms with van der Waals surface area (Å²) in [6, 6.07) is 23.0. The molecule has 1 saturated carbocycles. The number of ether oxygens (including phenoxy) is 1. The fourth-order valence-corrected chi connectivity index (χ4v) is 5.08. The van der Waals surface area contributed by atoms with E-state index >= 15 is 0 Å². The number of carbonyl (C=O) groups is 2. The maximum Gasteiger partial charge on any atom is 0.330 e. The molecule has 198 valence electrons. The van der Waals surface area contributed by atoms with Gasteiger partial charge in [-0.15, -0.1) is 0 Å². The molecule has 0 aromatic heterocycles. The molecule has 1 aliphatic rings. The highest BCUT2D eigenvalue weighted by molar-refractivity contribution is 5.95. The molecule has 1 amide bonds. The smallest absolute Gasteiger partial charge is 0.330 e. The predicted molar refractivity (Wildman–Crippen MR) is 156 cm³/mol. The van der Waals surface area contributed by atoms with Crippen molar-refractivity contribution in [1.29, 1.82) is 0 Å². The number of esters is 1. The number of methoxy groups -OCH3 is 1. The largest absolute Gasteiger partial charge is 0.466 e. The molecule has 0 bridgehead atoms. The number of benzene rings is 3. The Morgan fingerprint density at radius 2 is 1.50 bits per heavy atom. The number of aryl methyl sites for hydroxylation is 1. The molecule has 0 heterocycles. The monoisotopic (exact) mass is 510 g/mol. The highest BCUT2D eigenvalue weighted by Crippen LogP contribution is 2.31. The summed E-state index contributed by atoms with van der Waals surface area (Å²) in [7, 11) is 5.44. The molecular formula is C33H38N2O3. The molecule has 1 aliphatic carbocycles. The summed E-state index contributed by atoms with van der Waals surface area (Å²) < 4.78 is 4.74. The molecule has 0 spiro atoms. The molecule has 4 rings (SSSR count). The number of anilines is 2. The molecule has 0 radical (unpaired) electrons. The summed E-state index contributed by atoms with van der Waals surface area (Å²) in [6.07, 6.45) is 8.44. The standard InChI is InChI=1S/C33H38N2O3/c1-24-20-26(12-19-32(36)38-4)22-31(21-24)35(33(37)29-8-6-5-7-9-29)23-25-10-13-27(14-11-25)28-15-17-30(18-16-28)34(2)3/h10-22,29H,5-9,23H2,1-4H3/b19-12+.